The Morgan fingerprint density at radius 3 is 2.62 bits per heavy atom. The van der Waals surface area contributed by atoms with Crippen molar-refractivity contribution in [3.05, 3.63) is 24.3 Å². The van der Waals surface area contributed by atoms with E-state index in [4.69, 9.17) is 0 Å². The Kier molecular flexibility index (Phi) is 15.6. The van der Waals surface area contributed by atoms with Gasteiger partial charge in [-0.1, -0.05) is 61.2 Å². The second-order valence-corrected chi connectivity index (χ2v) is 6.24. The van der Waals surface area contributed by atoms with E-state index in [1.807, 2.05) is 0 Å². The third-order valence-corrected chi connectivity index (χ3v) is 3.95. The van der Waals surface area contributed by atoms with Gasteiger partial charge in [-0.2, -0.15) is 0 Å². The standard InChI is InChI=1S/C21H28O4.Na/c22-19(15-8-12-18-10-4-3-5-11-18)13-6-1-2-7-14-20(23)16-9-17-21(24)25;/h1-2,6,13,18-20,22-23H,3-5,9-11,15-17H2,(H,24,25);/q;+1/p-1/b2-1+,13-6+;/t19-,20-;/m0./s1. The maximum Gasteiger partial charge on any atom is 1.00 e. The molecule has 0 aromatic carbocycles. The third kappa shape index (κ3) is 14.2. The van der Waals surface area contributed by atoms with E-state index in [-0.39, 0.29) is 36.0 Å². The monoisotopic (exact) mass is 366 g/mol. The van der Waals surface area contributed by atoms with Crippen molar-refractivity contribution >= 4 is 5.97 Å². The number of hydrogen-bond acceptors (Lipinski definition) is 4. The molecule has 26 heavy (non-hydrogen) atoms. The second-order valence-electron chi connectivity index (χ2n) is 6.24. The molecular weight excluding hydrogens is 339 g/mol. The number of carbonyl (C=O) groups excluding carboxylic acids is 1. The van der Waals surface area contributed by atoms with Crippen molar-refractivity contribution in [2.24, 2.45) is 5.92 Å². The summed E-state index contributed by atoms with van der Waals surface area (Å²) in [6.07, 6.45) is 12.4. The molecule has 0 spiro atoms. The molecule has 5 heteroatoms. The van der Waals surface area contributed by atoms with E-state index in [1.54, 1.807) is 24.3 Å². The molecule has 0 amide bonds. The molecule has 0 aromatic heterocycles. The average Bonchev–Trinajstić information content (AvgIpc) is 2.58. The number of carbonyl (C=O) groups is 1. The van der Waals surface area contributed by atoms with Gasteiger partial charge >= 0.3 is 29.6 Å². The van der Waals surface area contributed by atoms with Crippen LogP contribution >= 0.6 is 0 Å². The summed E-state index contributed by atoms with van der Waals surface area (Å²) in [4.78, 5) is 10.2. The molecule has 1 fully saturated rings. The van der Waals surface area contributed by atoms with Crippen molar-refractivity contribution in [2.75, 3.05) is 0 Å². The Labute approximate surface area is 179 Å². The summed E-state index contributed by atoms with van der Waals surface area (Å²) in [6.45, 7) is 0. The summed E-state index contributed by atoms with van der Waals surface area (Å²) in [6, 6.07) is 0. The quantitative estimate of drug-likeness (QED) is 0.334. The van der Waals surface area contributed by atoms with Crippen LogP contribution in [0.1, 0.15) is 57.8 Å². The van der Waals surface area contributed by atoms with Crippen LogP contribution < -0.4 is 34.7 Å². The van der Waals surface area contributed by atoms with E-state index < -0.39 is 18.2 Å². The van der Waals surface area contributed by atoms with Crippen LogP contribution in [0.3, 0.4) is 0 Å². The van der Waals surface area contributed by atoms with Crippen molar-refractivity contribution in [2.45, 2.75) is 70.0 Å². The molecule has 2 atom stereocenters. The molecule has 1 aliphatic rings. The first-order chi connectivity index (χ1) is 12.1. The fourth-order valence-electron chi connectivity index (χ4n) is 2.58. The number of hydrogen-bond donors (Lipinski definition) is 2. The van der Waals surface area contributed by atoms with E-state index >= 15 is 0 Å². The molecule has 0 radical (unpaired) electrons. The minimum Gasteiger partial charge on any atom is -0.550 e. The molecule has 0 bridgehead atoms. The van der Waals surface area contributed by atoms with E-state index in [1.165, 1.54) is 32.1 Å². The summed E-state index contributed by atoms with van der Waals surface area (Å²) in [5.41, 5.74) is 0. The van der Waals surface area contributed by atoms with E-state index in [0.29, 0.717) is 25.2 Å². The van der Waals surface area contributed by atoms with Crippen LogP contribution in [-0.2, 0) is 4.79 Å². The van der Waals surface area contributed by atoms with Gasteiger partial charge in [0.25, 0.3) is 0 Å². The Morgan fingerprint density at radius 1 is 1.19 bits per heavy atom. The van der Waals surface area contributed by atoms with Crippen molar-refractivity contribution in [1.29, 1.82) is 0 Å². The van der Waals surface area contributed by atoms with Gasteiger partial charge in [-0.15, -0.1) is 0 Å². The molecule has 0 unspecified atom stereocenters. The number of aliphatic hydroxyl groups excluding tert-OH is 2. The molecule has 0 heterocycles. The van der Waals surface area contributed by atoms with Gasteiger partial charge in [-0.3, -0.25) is 0 Å². The molecule has 0 aromatic rings. The molecule has 1 rings (SSSR count). The predicted octanol–water partition coefficient (Wildman–Crippen LogP) is -1.28. The molecular formula is C21H27NaO4. The smallest absolute Gasteiger partial charge is 0.550 e. The van der Waals surface area contributed by atoms with Gasteiger partial charge < -0.3 is 20.1 Å². The Balaban J connectivity index is 0.00000625. The number of carboxylic acid groups (broad SMARTS) is 1. The average molecular weight is 366 g/mol. The van der Waals surface area contributed by atoms with Crippen LogP contribution in [0.5, 0.6) is 0 Å². The largest absolute Gasteiger partial charge is 1.00 e. The SMILES string of the molecule is O=C([O-])CCC[C@@H](O)C#C/C=C/C=C/[C@H](O)CC#CC1CCCCC1.[Na+]. The zero-order chi connectivity index (χ0) is 18.3. The summed E-state index contributed by atoms with van der Waals surface area (Å²) >= 11 is 0. The minimum atomic E-state index is -1.12. The Bertz CT molecular complexity index is 568. The van der Waals surface area contributed by atoms with Crippen molar-refractivity contribution in [3.8, 4) is 23.7 Å². The van der Waals surface area contributed by atoms with Crippen LogP contribution in [0, 0.1) is 29.6 Å². The van der Waals surface area contributed by atoms with Gasteiger partial charge in [-0.05, 0) is 38.2 Å². The molecule has 136 valence electrons. The van der Waals surface area contributed by atoms with E-state index in [9.17, 15) is 20.1 Å². The second kappa shape index (κ2) is 16.2. The first-order valence-corrected chi connectivity index (χ1v) is 8.96. The van der Waals surface area contributed by atoms with Gasteiger partial charge in [-0.25, -0.2) is 0 Å². The van der Waals surface area contributed by atoms with Gasteiger partial charge in [0.1, 0.15) is 6.10 Å². The van der Waals surface area contributed by atoms with Crippen LogP contribution in [-0.4, -0.2) is 28.4 Å². The Morgan fingerprint density at radius 2 is 1.92 bits per heavy atom. The fourth-order valence-corrected chi connectivity index (χ4v) is 2.58. The minimum absolute atomic E-state index is 0. The van der Waals surface area contributed by atoms with Gasteiger partial charge in [0.15, 0.2) is 0 Å². The molecule has 2 N–H and O–H groups in total. The fraction of sp³-hybridized carbons (Fsp3) is 0.571. The maximum absolute atomic E-state index is 10.2. The number of carboxylic acids is 1. The third-order valence-electron chi connectivity index (χ3n) is 3.95. The number of aliphatic carboxylic acids is 1. The Hall–Kier alpha value is -1.01. The molecule has 1 aliphatic carbocycles. The summed E-state index contributed by atoms with van der Waals surface area (Å²) < 4.78 is 0. The molecule has 1 saturated carbocycles. The number of rotatable bonds is 7. The van der Waals surface area contributed by atoms with Gasteiger partial charge in [0.05, 0.1) is 6.10 Å². The van der Waals surface area contributed by atoms with Crippen molar-refractivity contribution in [1.82, 2.24) is 0 Å². The molecule has 4 nitrogen and oxygen atoms in total. The predicted molar refractivity (Wildman–Crippen MR) is 95.9 cm³/mol. The van der Waals surface area contributed by atoms with Crippen LogP contribution in [0.15, 0.2) is 24.3 Å². The summed E-state index contributed by atoms with van der Waals surface area (Å²) in [5, 5.41) is 29.6. The summed E-state index contributed by atoms with van der Waals surface area (Å²) in [5.74, 6) is 11.0. The van der Waals surface area contributed by atoms with Gasteiger partial charge in [0.2, 0.25) is 0 Å². The maximum atomic E-state index is 10.2. The first kappa shape index (κ1) is 25.0. The number of allylic oxidation sites excluding steroid dienone is 3. The van der Waals surface area contributed by atoms with Crippen LogP contribution in [0.25, 0.3) is 0 Å². The van der Waals surface area contributed by atoms with Gasteiger partial charge in [0, 0.05) is 18.3 Å². The zero-order valence-electron chi connectivity index (χ0n) is 15.6. The van der Waals surface area contributed by atoms with Crippen LogP contribution in [0.4, 0.5) is 0 Å². The topological polar surface area (TPSA) is 80.6 Å². The molecule has 0 saturated heterocycles. The molecule has 0 aliphatic heterocycles. The van der Waals surface area contributed by atoms with E-state index in [2.05, 4.69) is 23.7 Å². The van der Waals surface area contributed by atoms with Crippen molar-refractivity contribution in [3.63, 3.8) is 0 Å². The summed E-state index contributed by atoms with van der Waals surface area (Å²) in [7, 11) is 0. The normalized spacial score (nSPS) is 16.8. The first-order valence-electron chi connectivity index (χ1n) is 8.96. The van der Waals surface area contributed by atoms with Crippen LogP contribution in [0.2, 0.25) is 0 Å². The number of aliphatic hydroxyl groups is 2. The van der Waals surface area contributed by atoms with E-state index in [0.717, 1.165) is 0 Å². The zero-order valence-corrected chi connectivity index (χ0v) is 17.6. The van der Waals surface area contributed by atoms with Crippen molar-refractivity contribution < 1.29 is 49.7 Å².